The van der Waals surface area contributed by atoms with Crippen molar-refractivity contribution in [1.29, 1.82) is 0 Å². The largest absolute Gasteiger partial charge is 0.461 e. The zero-order valence-corrected chi connectivity index (χ0v) is 18.2. The molecule has 2 aromatic carbocycles. The topological polar surface area (TPSA) is 83.3 Å². The van der Waals surface area contributed by atoms with Crippen molar-refractivity contribution in [3.8, 4) is 29.0 Å². The second kappa shape index (κ2) is 7.14. The third-order valence-electron chi connectivity index (χ3n) is 6.10. The number of furan rings is 1. The Morgan fingerprint density at radius 1 is 0.853 bits per heavy atom. The number of hydrogen-bond donors (Lipinski definition) is 0. The molecule has 1 atom stereocenters. The Morgan fingerprint density at radius 2 is 1.65 bits per heavy atom. The maximum Gasteiger partial charge on any atom is 0.230 e. The van der Waals surface area contributed by atoms with Crippen molar-refractivity contribution in [2.75, 3.05) is 0 Å². The number of ether oxygens (including phenoxy) is 1. The lowest BCUT2D eigenvalue weighted by Gasteiger charge is -2.26. The third kappa shape index (κ3) is 2.72. The molecule has 0 saturated heterocycles. The lowest BCUT2D eigenvalue weighted by molar-refractivity contribution is 0.402. The highest BCUT2D eigenvalue weighted by atomic mass is 16.5. The van der Waals surface area contributed by atoms with Gasteiger partial charge in [-0.3, -0.25) is 0 Å². The number of para-hydroxylation sites is 1. The second-order valence-corrected chi connectivity index (χ2v) is 8.14. The van der Waals surface area contributed by atoms with Crippen molar-refractivity contribution >= 4 is 5.65 Å². The van der Waals surface area contributed by atoms with Crippen LogP contribution in [0.3, 0.4) is 0 Å². The number of rotatable bonds is 3. The van der Waals surface area contributed by atoms with Crippen LogP contribution in [0.25, 0.3) is 22.9 Å². The summed E-state index contributed by atoms with van der Waals surface area (Å²) in [5, 5.41) is 9.45. The van der Waals surface area contributed by atoms with Gasteiger partial charge >= 0.3 is 0 Å². The predicted molar refractivity (Wildman–Crippen MR) is 124 cm³/mol. The van der Waals surface area contributed by atoms with Crippen molar-refractivity contribution < 1.29 is 9.15 Å². The van der Waals surface area contributed by atoms with Crippen LogP contribution >= 0.6 is 0 Å². The maximum atomic E-state index is 6.43. The maximum absolute atomic E-state index is 6.43. The Hall–Kier alpha value is -4.72. The fraction of sp³-hybridized carbons (Fsp3) is 0.0769. The summed E-state index contributed by atoms with van der Waals surface area (Å²) < 4.78 is 15.5. The third-order valence-corrected chi connectivity index (χ3v) is 6.10. The van der Waals surface area contributed by atoms with Gasteiger partial charge in [0.15, 0.2) is 11.4 Å². The van der Waals surface area contributed by atoms with E-state index in [0.29, 0.717) is 29.0 Å². The van der Waals surface area contributed by atoms with E-state index in [0.717, 1.165) is 28.1 Å². The Morgan fingerprint density at radius 3 is 2.41 bits per heavy atom. The fourth-order valence-electron chi connectivity index (χ4n) is 4.61. The van der Waals surface area contributed by atoms with Gasteiger partial charge in [-0.15, -0.1) is 5.10 Å². The van der Waals surface area contributed by atoms with Crippen LogP contribution in [0.2, 0.25) is 0 Å². The van der Waals surface area contributed by atoms with Crippen LogP contribution in [-0.4, -0.2) is 29.4 Å². The van der Waals surface area contributed by atoms with Crippen LogP contribution < -0.4 is 4.74 Å². The van der Waals surface area contributed by atoms with Crippen molar-refractivity contribution in [2.45, 2.75) is 12.8 Å². The lowest BCUT2D eigenvalue weighted by atomic mass is 9.84. The molecule has 0 fully saturated rings. The summed E-state index contributed by atoms with van der Waals surface area (Å²) in [6.45, 7) is 2.01. The molecular weight excluding hydrogens is 428 g/mol. The standard InChI is InChI=1S/C26H18N6O2/c1-16-20-21(17-9-4-2-5-10-17)22-24-28-23(19-13-8-14-33-19)30-31(24)15-27-25(22)34-26(20)32(29-16)18-11-6-3-7-12-18/h2-15,21H,1H3/t21-/m1/s1. The van der Waals surface area contributed by atoms with Gasteiger partial charge in [-0.1, -0.05) is 48.5 Å². The van der Waals surface area contributed by atoms with Crippen molar-refractivity contribution in [2.24, 2.45) is 0 Å². The Labute approximate surface area is 194 Å². The molecule has 4 aromatic heterocycles. The number of nitrogens with zero attached hydrogens (tertiary/aromatic N) is 6. The molecule has 0 bridgehead atoms. The minimum atomic E-state index is -0.178. The summed E-state index contributed by atoms with van der Waals surface area (Å²) in [7, 11) is 0. The highest BCUT2D eigenvalue weighted by molar-refractivity contribution is 5.67. The number of benzene rings is 2. The molecule has 0 N–H and O–H groups in total. The minimum absolute atomic E-state index is 0.178. The summed E-state index contributed by atoms with van der Waals surface area (Å²) in [6.07, 6.45) is 3.23. The molecule has 0 aliphatic carbocycles. The normalized spacial score (nSPS) is 14.6. The van der Waals surface area contributed by atoms with Gasteiger partial charge in [0.05, 0.1) is 34.7 Å². The molecule has 164 valence electrons. The van der Waals surface area contributed by atoms with Gasteiger partial charge in [0.2, 0.25) is 17.6 Å². The van der Waals surface area contributed by atoms with Crippen LogP contribution in [0.1, 0.15) is 28.3 Å². The zero-order chi connectivity index (χ0) is 22.6. The molecule has 0 saturated carbocycles. The van der Waals surface area contributed by atoms with E-state index in [-0.39, 0.29) is 5.92 Å². The van der Waals surface area contributed by atoms with E-state index in [4.69, 9.17) is 19.2 Å². The van der Waals surface area contributed by atoms with Gasteiger partial charge in [0.1, 0.15) is 6.33 Å². The van der Waals surface area contributed by atoms with Crippen molar-refractivity contribution in [3.05, 3.63) is 108 Å². The molecule has 6 aromatic rings. The van der Waals surface area contributed by atoms with E-state index < -0.39 is 0 Å². The second-order valence-electron chi connectivity index (χ2n) is 8.14. The van der Waals surface area contributed by atoms with E-state index in [2.05, 4.69) is 22.2 Å². The smallest absolute Gasteiger partial charge is 0.230 e. The van der Waals surface area contributed by atoms with Gasteiger partial charge in [-0.05, 0) is 36.8 Å². The molecule has 0 radical (unpaired) electrons. The van der Waals surface area contributed by atoms with Crippen molar-refractivity contribution in [1.82, 2.24) is 29.4 Å². The monoisotopic (exact) mass is 446 g/mol. The summed E-state index contributed by atoms with van der Waals surface area (Å²) in [4.78, 5) is 9.45. The molecule has 5 heterocycles. The van der Waals surface area contributed by atoms with Crippen LogP contribution in [-0.2, 0) is 0 Å². The molecule has 0 amide bonds. The zero-order valence-electron chi connectivity index (χ0n) is 18.2. The summed E-state index contributed by atoms with van der Waals surface area (Å²) in [5.74, 6) is 2.06. The molecular formula is C26H18N6O2. The Kier molecular flexibility index (Phi) is 3.95. The lowest BCUT2D eigenvalue weighted by Crippen LogP contribution is -2.16. The van der Waals surface area contributed by atoms with E-state index in [1.807, 2.05) is 72.3 Å². The predicted octanol–water partition coefficient (Wildman–Crippen LogP) is 5.16. The van der Waals surface area contributed by atoms with Crippen LogP contribution in [0.4, 0.5) is 0 Å². The molecule has 8 heteroatoms. The molecule has 0 spiro atoms. The average molecular weight is 446 g/mol. The van der Waals surface area contributed by atoms with Gasteiger partial charge in [0, 0.05) is 0 Å². The molecule has 0 unspecified atom stereocenters. The number of aryl methyl sites for hydroxylation is 1. The van der Waals surface area contributed by atoms with E-state index in [1.165, 1.54) is 0 Å². The Bertz CT molecular complexity index is 1640. The number of fused-ring (bicyclic) bond motifs is 4. The molecule has 1 aliphatic heterocycles. The first-order valence-electron chi connectivity index (χ1n) is 10.9. The van der Waals surface area contributed by atoms with Gasteiger partial charge < -0.3 is 9.15 Å². The van der Waals surface area contributed by atoms with E-state index >= 15 is 0 Å². The molecule has 1 aliphatic rings. The number of hydrogen-bond acceptors (Lipinski definition) is 6. The van der Waals surface area contributed by atoms with Gasteiger partial charge in [-0.25, -0.2) is 19.2 Å². The first-order chi connectivity index (χ1) is 16.8. The van der Waals surface area contributed by atoms with E-state index in [1.54, 1.807) is 17.1 Å². The molecule has 7 rings (SSSR count). The molecule has 8 nitrogen and oxygen atoms in total. The van der Waals surface area contributed by atoms with Crippen LogP contribution in [0.15, 0.2) is 89.8 Å². The minimum Gasteiger partial charge on any atom is -0.461 e. The fourth-order valence-corrected chi connectivity index (χ4v) is 4.61. The van der Waals surface area contributed by atoms with Gasteiger partial charge in [-0.2, -0.15) is 5.10 Å². The number of aromatic nitrogens is 6. The average Bonchev–Trinajstić information content (AvgIpc) is 3.63. The summed E-state index contributed by atoms with van der Waals surface area (Å²) in [5.41, 5.74) is 5.41. The van der Waals surface area contributed by atoms with E-state index in [9.17, 15) is 0 Å². The summed E-state index contributed by atoms with van der Waals surface area (Å²) in [6, 6.07) is 23.9. The highest BCUT2D eigenvalue weighted by Crippen LogP contribution is 2.49. The first-order valence-corrected chi connectivity index (χ1v) is 10.9. The summed E-state index contributed by atoms with van der Waals surface area (Å²) >= 11 is 0. The molecule has 34 heavy (non-hydrogen) atoms. The SMILES string of the molecule is Cc1nn(-c2ccccc2)c2c1[C@@H](c1ccccc1)c1c(ncn3nc(-c4ccco4)nc13)O2. The quantitative estimate of drug-likeness (QED) is 0.373. The highest BCUT2D eigenvalue weighted by Gasteiger charge is 2.38. The van der Waals surface area contributed by atoms with Crippen LogP contribution in [0, 0.1) is 6.92 Å². The van der Waals surface area contributed by atoms with Crippen molar-refractivity contribution in [3.63, 3.8) is 0 Å². The Balaban J connectivity index is 1.51. The van der Waals surface area contributed by atoms with Gasteiger partial charge in [0.25, 0.3) is 0 Å². The van der Waals surface area contributed by atoms with Crippen LogP contribution in [0.5, 0.6) is 11.8 Å². The first kappa shape index (κ1) is 18.8.